The highest BCUT2D eigenvalue weighted by molar-refractivity contribution is 5.85. The molecule has 21 heavy (non-hydrogen) atoms. The number of ether oxygens (including phenoxy) is 1. The monoisotopic (exact) mass is 310 g/mol. The molecule has 2 aliphatic rings. The summed E-state index contributed by atoms with van der Waals surface area (Å²) in [6, 6.07) is 8.05. The number of para-hydroxylation sites is 1. The number of nitrogens with two attached hydrogens (primary N) is 1. The van der Waals surface area contributed by atoms with Crippen LogP contribution in [0.5, 0.6) is 5.75 Å². The minimum atomic E-state index is -0.366. The van der Waals surface area contributed by atoms with E-state index in [1.165, 1.54) is 0 Å². The third-order valence-electron chi connectivity index (χ3n) is 4.46. The van der Waals surface area contributed by atoms with Gasteiger partial charge < -0.3 is 15.4 Å². The first kappa shape index (κ1) is 16.1. The van der Waals surface area contributed by atoms with Crippen molar-refractivity contribution >= 4 is 18.3 Å². The molecule has 5 heteroatoms. The average Bonchev–Trinajstić information content (AvgIpc) is 2.90. The Balaban J connectivity index is 0.00000161. The van der Waals surface area contributed by atoms with Crippen molar-refractivity contribution < 1.29 is 9.53 Å². The van der Waals surface area contributed by atoms with Crippen LogP contribution in [0.15, 0.2) is 24.3 Å². The second kappa shape index (κ2) is 6.67. The zero-order valence-electron chi connectivity index (χ0n) is 12.3. The molecule has 0 saturated carbocycles. The second-order valence-corrected chi connectivity index (χ2v) is 5.97. The lowest BCUT2D eigenvalue weighted by atomic mass is 9.92. The van der Waals surface area contributed by atoms with E-state index in [-0.39, 0.29) is 30.5 Å². The Hall–Kier alpha value is -1.26. The quantitative estimate of drug-likeness (QED) is 0.909. The third kappa shape index (κ3) is 3.16. The van der Waals surface area contributed by atoms with Crippen LogP contribution in [0.25, 0.3) is 0 Å². The number of hydrogen-bond donors (Lipinski definition) is 1. The molecule has 0 spiro atoms. The predicted molar refractivity (Wildman–Crippen MR) is 84.8 cm³/mol. The third-order valence-corrected chi connectivity index (χ3v) is 4.46. The van der Waals surface area contributed by atoms with Gasteiger partial charge in [-0.25, -0.2) is 0 Å². The molecule has 2 aliphatic heterocycles. The molecule has 0 aliphatic carbocycles. The van der Waals surface area contributed by atoms with Crippen LogP contribution in [0.3, 0.4) is 0 Å². The van der Waals surface area contributed by atoms with Crippen LogP contribution in [0, 0.1) is 5.92 Å². The van der Waals surface area contributed by atoms with Crippen molar-refractivity contribution in [3.05, 3.63) is 29.8 Å². The Kier molecular flexibility index (Phi) is 5.12. The second-order valence-electron chi connectivity index (χ2n) is 5.97. The highest BCUT2D eigenvalue weighted by Gasteiger charge is 2.36. The van der Waals surface area contributed by atoms with E-state index in [1.54, 1.807) is 0 Å². The first-order valence-electron chi connectivity index (χ1n) is 7.44. The Morgan fingerprint density at radius 1 is 1.43 bits per heavy atom. The van der Waals surface area contributed by atoms with Crippen LogP contribution in [-0.4, -0.2) is 36.0 Å². The molecule has 0 bridgehead atoms. The Morgan fingerprint density at radius 3 is 2.90 bits per heavy atom. The molecule has 1 aromatic carbocycles. The zero-order chi connectivity index (χ0) is 14.1. The van der Waals surface area contributed by atoms with Gasteiger partial charge in [-0.2, -0.15) is 0 Å². The largest absolute Gasteiger partial charge is 0.480 e. The van der Waals surface area contributed by atoms with Crippen molar-refractivity contribution in [1.29, 1.82) is 0 Å². The standard InChI is InChI=1S/C16H22N2O2.ClH/c1-11-6-7-18(13(8-11)10-17)16(19)15-9-12-4-2-3-5-14(12)20-15;/h2-5,11,13,15H,6-10,17H2,1H3;1H. The first-order chi connectivity index (χ1) is 9.69. The molecular formula is C16H23ClN2O2. The van der Waals surface area contributed by atoms with Gasteiger partial charge >= 0.3 is 0 Å². The molecule has 1 aromatic rings. The van der Waals surface area contributed by atoms with Crippen molar-refractivity contribution in [2.45, 2.75) is 38.3 Å². The van der Waals surface area contributed by atoms with Crippen LogP contribution in [0.1, 0.15) is 25.3 Å². The van der Waals surface area contributed by atoms with Crippen LogP contribution in [-0.2, 0) is 11.2 Å². The van der Waals surface area contributed by atoms with Gasteiger partial charge in [0.05, 0.1) is 0 Å². The molecular weight excluding hydrogens is 288 g/mol. The molecule has 1 saturated heterocycles. The zero-order valence-corrected chi connectivity index (χ0v) is 13.1. The molecule has 3 rings (SSSR count). The maximum Gasteiger partial charge on any atom is 0.264 e. The fourth-order valence-corrected chi connectivity index (χ4v) is 3.27. The van der Waals surface area contributed by atoms with E-state index in [0.29, 0.717) is 18.9 Å². The average molecular weight is 311 g/mol. The van der Waals surface area contributed by atoms with Crippen molar-refractivity contribution in [1.82, 2.24) is 4.90 Å². The van der Waals surface area contributed by atoms with Gasteiger partial charge in [-0.3, -0.25) is 4.79 Å². The molecule has 3 atom stereocenters. The summed E-state index contributed by atoms with van der Waals surface area (Å²) < 4.78 is 5.81. The number of amides is 1. The number of likely N-dealkylation sites (tertiary alicyclic amines) is 1. The van der Waals surface area contributed by atoms with Gasteiger partial charge in [0.1, 0.15) is 5.75 Å². The summed E-state index contributed by atoms with van der Waals surface area (Å²) in [4.78, 5) is 14.6. The summed E-state index contributed by atoms with van der Waals surface area (Å²) in [5, 5.41) is 0. The van der Waals surface area contributed by atoms with E-state index in [2.05, 4.69) is 6.92 Å². The number of rotatable bonds is 2. The first-order valence-corrected chi connectivity index (χ1v) is 7.44. The van der Waals surface area contributed by atoms with Gasteiger partial charge in [-0.05, 0) is 30.4 Å². The minimum Gasteiger partial charge on any atom is -0.480 e. The summed E-state index contributed by atoms with van der Waals surface area (Å²) in [5.41, 5.74) is 6.97. The van der Waals surface area contributed by atoms with Gasteiger partial charge in [-0.1, -0.05) is 25.1 Å². The molecule has 1 fully saturated rings. The molecule has 4 nitrogen and oxygen atoms in total. The lowest BCUT2D eigenvalue weighted by Gasteiger charge is -2.39. The Bertz CT molecular complexity index is 484. The number of halogens is 1. The summed E-state index contributed by atoms with van der Waals surface area (Å²) in [7, 11) is 0. The van der Waals surface area contributed by atoms with Crippen LogP contribution < -0.4 is 10.5 Å². The molecule has 0 aromatic heterocycles. The normalized spacial score (nSPS) is 27.5. The van der Waals surface area contributed by atoms with Gasteiger partial charge in [-0.15, -0.1) is 12.4 Å². The summed E-state index contributed by atoms with van der Waals surface area (Å²) in [6.07, 6.45) is 2.37. The van der Waals surface area contributed by atoms with E-state index in [4.69, 9.17) is 10.5 Å². The Labute approximate surface area is 132 Å². The summed E-state index contributed by atoms with van der Waals surface area (Å²) in [6.45, 7) is 3.57. The fourth-order valence-electron chi connectivity index (χ4n) is 3.27. The van der Waals surface area contributed by atoms with Crippen molar-refractivity contribution in [3.8, 4) is 5.75 Å². The van der Waals surface area contributed by atoms with E-state index >= 15 is 0 Å². The van der Waals surface area contributed by atoms with Crippen molar-refractivity contribution in [3.63, 3.8) is 0 Å². The predicted octanol–water partition coefficient (Wildman–Crippen LogP) is 2.00. The highest BCUT2D eigenvalue weighted by atomic mass is 35.5. The molecule has 1 amide bonds. The number of carbonyl (C=O) groups is 1. The number of fused-ring (bicyclic) bond motifs is 1. The SMILES string of the molecule is CC1CCN(C(=O)C2Cc3ccccc3O2)C(CN)C1.Cl. The van der Waals surface area contributed by atoms with Gasteiger partial charge in [0.2, 0.25) is 0 Å². The molecule has 2 N–H and O–H groups in total. The van der Waals surface area contributed by atoms with E-state index in [0.717, 1.165) is 30.7 Å². The van der Waals surface area contributed by atoms with E-state index < -0.39 is 0 Å². The lowest BCUT2D eigenvalue weighted by Crippen LogP contribution is -2.53. The number of benzene rings is 1. The van der Waals surface area contributed by atoms with E-state index in [1.807, 2.05) is 29.2 Å². The number of nitrogens with zero attached hydrogens (tertiary/aromatic N) is 1. The molecule has 116 valence electrons. The van der Waals surface area contributed by atoms with Gasteiger partial charge in [0.25, 0.3) is 5.91 Å². The van der Waals surface area contributed by atoms with Crippen molar-refractivity contribution in [2.24, 2.45) is 11.7 Å². The number of piperidine rings is 1. The molecule has 0 radical (unpaired) electrons. The van der Waals surface area contributed by atoms with Gasteiger partial charge in [0.15, 0.2) is 6.10 Å². The van der Waals surface area contributed by atoms with Crippen LogP contribution in [0.2, 0.25) is 0 Å². The number of carbonyl (C=O) groups excluding carboxylic acids is 1. The minimum absolute atomic E-state index is 0. The van der Waals surface area contributed by atoms with Crippen LogP contribution in [0.4, 0.5) is 0 Å². The highest BCUT2D eigenvalue weighted by Crippen LogP contribution is 2.30. The molecule has 2 heterocycles. The van der Waals surface area contributed by atoms with Crippen LogP contribution >= 0.6 is 12.4 Å². The van der Waals surface area contributed by atoms with Gasteiger partial charge in [0, 0.05) is 25.6 Å². The summed E-state index contributed by atoms with van der Waals surface area (Å²) >= 11 is 0. The smallest absolute Gasteiger partial charge is 0.264 e. The number of hydrogen-bond acceptors (Lipinski definition) is 3. The topological polar surface area (TPSA) is 55.6 Å². The maximum atomic E-state index is 12.7. The lowest BCUT2D eigenvalue weighted by molar-refractivity contribution is -0.142. The molecule has 3 unspecified atom stereocenters. The van der Waals surface area contributed by atoms with Crippen molar-refractivity contribution in [2.75, 3.05) is 13.1 Å². The Morgan fingerprint density at radius 2 is 2.19 bits per heavy atom. The summed E-state index contributed by atoms with van der Waals surface area (Å²) in [5.74, 6) is 1.60. The fraction of sp³-hybridized carbons (Fsp3) is 0.562. The maximum absolute atomic E-state index is 12.7. The van der Waals surface area contributed by atoms with E-state index in [9.17, 15) is 4.79 Å².